The monoisotopic (exact) mass is 314 g/mol. The van der Waals surface area contributed by atoms with Gasteiger partial charge in [-0.3, -0.25) is 9.59 Å². The van der Waals surface area contributed by atoms with Crippen molar-refractivity contribution in [2.24, 2.45) is 5.92 Å². The summed E-state index contributed by atoms with van der Waals surface area (Å²) in [6.07, 6.45) is 10.1. The highest BCUT2D eigenvalue weighted by Crippen LogP contribution is 2.36. The van der Waals surface area contributed by atoms with Crippen LogP contribution in [0.25, 0.3) is 0 Å². The van der Waals surface area contributed by atoms with Crippen LogP contribution in [-0.4, -0.2) is 11.6 Å². The highest BCUT2D eigenvalue weighted by atomic mass is 16.2. The Morgan fingerprint density at radius 3 is 2.30 bits per heavy atom. The van der Waals surface area contributed by atoms with Crippen molar-refractivity contribution in [1.29, 1.82) is 0 Å². The zero-order valence-corrected chi connectivity index (χ0v) is 14.6. The molecule has 0 saturated heterocycles. The highest BCUT2D eigenvalue weighted by molar-refractivity contribution is 6.14. The Morgan fingerprint density at radius 1 is 0.957 bits per heavy atom. The summed E-state index contributed by atoms with van der Waals surface area (Å²) in [4.78, 5) is 25.0. The second-order valence-corrected chi connectivity index (χ2v) is 6.97. The molecule has 1 aromatic rings. The molecule has 0 aliphatic heterocycles. The Kier molecular flexibility index (Phi) is 7.01. The molecule has 0 aromatic heterocycles. The van der Waals surface area contributed by atoms with Gasteiger partial charge in [0.15, 0.2) is 5.78 Å². The zero-order valence-electron chi connectivity index (χ0n) is 14.6. The van der Waals surface area contributed by atoms with Crippen molar-refractivity contribution in [1.82, 2.24) is 0 Å². The van der Waals surface area contributed by atoms with Gasteiger partial charge in [-0.1, -0.05) is 76.1 Å². The number of unbranched alkanes of at least 4 members (excludes halogenated alkanes) is 6. The maximum atomic E-state index is 12.7. The number of aryl methyl sites for hydroxylation is 1. The Bertz CT molecular complexity index is 532. The average Bonchev–Trinajstić information content (AvgIpc) is 2.81. The van der Waals surface area contributed by atoms with Gasteiger partial charge >= 0.3 is 0 Å². The van der Waals surface area contributed by atoms with E-state index in [1.54, 1.807) is 0 Å². The summed E-state index contributed by atoms with van der Waals surface area (Å²) < 4.78 is 0. The van der Waals surface area contributed by atoms with E-state index >= 15 is 0 Å². The van der Waals surface area contributed by atoms with E-state index in [2.05, 4.69) is 6.92 Å². The molecule has 2 nitrogen and oxygen atoms in total. The first-order valence-corrected chi connectivity index (χ1v) is 9.27. The lowest BCUT2D eigenvalue weighted by Crippen LogP contribution is -2.16. The van der Waals surface area contributed by atoms with E-state index < -0.39 is 5.92 Å². The van der Waals surface area contributed by atoms with Gasteiger partial charge in [0.05, 0.1) is 0 Å². The lowest BCUT2D eigenvalue weighted by Gasteiger charge is -2.12. The standard InChI is InChI=1S/C21H30O2/c1-3-4-5-6-7-8-9-13-17-15-19(22)20(21(17)23)18-14-11-10-12-16(18)2/h10-12,14,17,20H,3-9,13,15H2,1-2H3. The van der Waals surface area contributed by atoms with Gasteiger partial charge < -0.3 is 0 Å². The Labute approximate surface area is 140 Å². The molecule has 126 valence electrons. The summed E-state index contributed by atoms with van der Waals surface area (Å²) in [6, 6.07) is 7.80. The fourth-order valence-corrected chi connectivity index (χ4v) is 3.69. The van der Waals surface area contributed by atoms with E-state index in [0.29, 0.717) is 6.42 Å². The number of carbonyl (C=O) groups is 2. The molecular weight excluding hydrogens is 284 g/mol. The number of carbonyl (C=O) groups excluding carboxylic acids is 2. The summed E-state index contributed by atoms with van der Waals surface area (Å²) in [6.45, 7) is 4.22. The third-order valence-electron chi connectivity index (χ3n) is 5.11. The second kappa shape index (κ2) is 9.00. The molecule has 0 amide bonds. The van der Waals surface area contributed by atoms with Crippen LogP contribution in [0, 0.1) is 12.8 Å². The number of hydrogen-bond acceptors (Lipinski definition) is 2. The average molecular weight is 314 g/mol. The molecule has 1 aliphatic carbocycles. The van der Waals surface area contributed by atoms with Gasteiger partial charge in [-0.05, 0) is 24.5 Å². The fourth-order valence-electron chi connectivity index (χ4n) is 3.69. The smallest absolute Gasteiger partial charge is 0.151 e. The summed E-state index contributed by atoms with van der Waals surface area (Å²) >= 11 is 0. The molecular formula is C21H30O2. The molecule has 1 aromatic carbocycles. The van der Waals surface area contributed by atoms with Crippen LogP contribution in [0.5, 0.6) is 0 Å². The van der Waals surface area contributed by atoms with E-state index in [-0.39, 0.29) is 17.5 Å². The fraction of sp³-hybridized carbons (Fsp3) is 0.619. The largest absolute Gasteiger partial charge is 0.298 e. The first-order valence-electron chi connectivity index (χ1n) is 9.27. The van der Waals surface area contributed by atoms with Gasteiger partial charge in [0.25, 0.3) is 0 Å². The van der Waals surface area contributed by atoms with Crippen LogP contribution in [-0.2, 0) is 9.59 Å². The summed E-state index contributed by atoms with van der Waals surface area (Å²) in [5.41, 5.74) is 1.97. The molecule has 1 fully saturated rings. The molecule has 1 saturated carbocycles. The number of Topliss-reactive ketones (excluding diaryl/α,β-unsaturated/α-hetero) is 2. The van der Waals surface area contributed by atoms with Crippen LogP contribution in [0.2, 0.25) is 0 Å². The van der Waals surface area contributed by atoms with Crippen LogP contribution >= 0.6 is 0 Å². The summed E-state index contributed by atoms with van der Waals surface area (Å²) in [5.74, 6) is -0.249. The number of ketones is 2. The van der Waals surface area contributed by atoms with Crippen molar-refractivity contribution >= 4 is 11.6 Å². The molecule has 23 heavy (non-hydrogen) atoms. The van der Waals surface area contributed by atoms with Crippen molar-refractivity contribution in [2.45, 2.75) is 77.6 Å². The van der Waals surface area contributed by atoms with E-state index in [4.69, 9.17) is 0 Å². The molecule has 1 aliphatic rings. The minimum Gasteiger partial charge on any atom is -0.298 e. The lowest BCUT2D eigenvalue weighted by atomic mass is 9.90. The minimum absolute atomic E-state index is 0.0391. The predicted molar refractivity (Wildman–Crippen MR) is 94.7 cm³/mol. The molecule has 2 heteroatoms. The summed E-state index contributed by atoms with van der Waals surface area (Å²) in [7, 11) is 0. The SMILES string of the molecule is CCCCCCCCCC1CC(=O)C(c2ccccc2C)C1=O. The van der Waals surface area contributed by atoms with Gasteiger partial charge in [-0.25, -0.2) is 0 Å². The topological polar surface area (TPSA) is 34.1 Å². The first kappa shape index (κ1) is 17.9. The maximum Gasteiger partial charge on any atom is 0.151 e. The first-order chi connectivity index (χ1) is 11.1. The molecule has 0 spiro atoms. The van der Waals surface area contributed by atoms with E-state index in [1.807, 2.05) is 31.2 Å². The molecule has 0 bridgehead atoms. The minimum atomic E-state index is -0.495. The normalized spacial score (nSPS) is 21.1. The Balaban J connectivity index is 1.81. The maximum absolute atomic E-state index is 12.7. The summed E-state index contributed by atoms with van der Waals surface area (Å²) in [5, 5.41) is 0. The van der Waals surface area contributed by atoms with E-state index in [0.717, 1.165) is 24.0 Å². The van der Waals surface area contributed by atoms with E-state index in [9.17, 15) is 9.59 Å². The van der Waals surface area contributed by atoms with Crippen molar-refractivity contribution in [3.63, 3.8) is 0 Å². The molecule has 0 N–H and O–H groups in total. The van der Waals surface area contributed by atoms with Crippen LogP contribution in [0.15, 0.2) is 24.3 Å². The van der Waals surface area contributed by atoms with Gasteiger partial charge in [0.1, 0.15) is 11.7 Å². The highest BCUT2D eigenvalue weighted by Gasteiger charge is 2.41. The predicted octanol–water partition coefficient (Wildman–Crippen LogP) is 5.38. The van der Waals surface area contributed by atoms with Gasteiger partial charge in [0.2, 0.25) is 0 Å². The second-order valence-electron chi connectivity index (χ2n) is 6.97. The van der Waals surface area contributed by atoms with E-state index in [1.165, 1.54) is 38.5 Å². The molecule has 0 heterocycles. The quantitative estimate of drug-likeness (QED) is 0.453. The van der Waals surface area contributed by atoms with Crippen molar-refractivity contribution < 1.29 is 9.59 Å². The lowest BCUT2D eigenvalue weighted by molar-refractivity contribution is -0.124. The van der Waals surface area contributed by atoms with Crippen LogP contribution in [0.4, 0.5) is 0 Å². The molecule has 2 unspecified atom stereocenters. The van der Waals surface area contributed by atoms with Crippen LogP contribution < -0.4 is 0 Å². The van der Waals surface area contributed by atoms with Gasteiger partial charge in [0, 0.05) is 12.3 Å². The van der Waals surface area contributed by atoms with Crippen molar-refractivity contribution in [3.8, 4) is 0 Å². The Hall–Kier alpha value is -1.44. The zero-order chi connectivity index (χ0) is 16.7. The number of hydrogen-bond donors (Lipinski definition) is 0. The third kappa shape index (κ3) is 4.76. The van der Waals surface area contributed by atoms with Crippen molar-refractivity contribution in [3.05, 3.63) is 35.4 Å². The van der Waals surface area contributed by atoms with Crippen molar-refractivity contribution in [2.75, 3.05) is 0 Å². The number of rotatable bonds is 9. The van der Waals surface area contributed by atoms with Gasteiger partial charge in [-0.2, -0.15) is 0 Å². The Morgan fingerprint density at radius 2 is 1.61 bits per heavy atom. The molecule has 0 radical (unpaired) electrons. The molecule has 2 atom stereocenters. The van der Waals surface area contributed by atoms with Crippen LogP contribution in [0.3, 0.4) is 0 Å². The number of benzene rings is 1. The third-order valence-corrected chi connectivity index (χ3v) is 5.11. The molecule has 2 rings (SSSR count). The van der Waals surface area contributed by atoms with Gasteiger partial charge in [-0.15, -0.1) is 0 Å². The van der Waals surface area contributed by atoms with Crippen LogP contribution in [0.1, 0.15) is 81.8 Å².